The third-order valence-corrected chi connectivity index (χ3v) is 3.80. The van der Waals surface area contributed by atoms with Gasteiger partial charge in [0, 0.05) is 12.3 Å². The molecule has 0 saturated carbocycles. The van der Waals surface area contributed by atoms with Crippen molar-refractivity contribution in [2.75, 3.05) is 13.7 Å². The van der Waals surface area contributed by atoms with Gasteiger partial charge in [-0.25, -0.2) is 4.79 Å². The molecule has 0 aliphatic carbocycles. The van der Waals surface area contributed by atoms with Crippen LogP contribution in [0.1, 0.15) is 6.23 Å². The van der Waals surface area contributed by atoms with E-state index in [1.54, 1.807) is 7.05 Å². The quantitative estimate of drug-likeness (QED) is 0.469. The summed E-state index contributed by atoms with van der Waals surface area (Å²) >= 11 is 0. The minimum Gasteiger partial charge on any atom is -0.393 e. The van der Waals surface area contributed by atoms with Crippen LogP contribution in [0.4, 0.5) is 0 Å². The van der Waals surface area contributed by atoms with Crippen LogP contribution in [0.25, 0.3) is 0 Å². The average molecular weight is 285 g/mol. The number of nitrogens with one attached hydrogen (secondary N) is 2. The molecule has 9 nitrogen and oxygen atoms in total. The molecule has 2 aliphatic rings. The molecule has 0 radical (unpaired) electrons. The summed E-state index contributed by atoms with van der Waals surface area (Å²) in [7, 11) is 1.61. The molecule has 110 valence electrons. The molecular weight excluding hydrogens is 270 g/mol. The van der Waals surface area contributed by atoms with Crippen molar-refractivity contribution in [3.8, 4) is 0 Å². The second-order valence-corrected chi connectivity index (χ2v) is 4.85. The van der Waals surface area contributed by atoms with Crippen LogP contribution in [0.15, 0.2) is 21.9 Å². The number of hydrogen-bond donors (Lipinski definition) is 4. The Kier molecular flexibility index (Phi) is 3.03. The average Bonchev–Trinajstić information content (AvgIpc) is 2.86. The molecule has 0 aromatic carbocycles. The zero-order valence-electron chi connectivity index (χ0n) is 10.6. The van der Waals surface area contributed by atoms with Gasteiger partial charge in [-0.3, -0.25) is 19.7 Å². The van der Waals surface area contributed by atoms with Crippen LogP contribution in [0.5, 0.6) is 0 Å². The van der Waals surface area contributed by atoms with Crippen LogP contribution < -0.4 is 16.6 Å². The number of hydrogen-bond acceptors (Lipinski definition) is 7. The number of rotatable bonds is 3. The molecule has 1 aromatic heterocycles. The van der Waals surface area contributed by atoms with E-state index in [1.807, 2.05) is 0 Å². The first-order chi connectivity index (χ1) is 9.53. The lowest BCUT2D eigenvalue weighted by atomic mass is 9.98. The van der Waals surface area contributed by atoms with Gasteiger partial charge in [-0.05, 0) is 7.05 Å². The summed E-state index contributed by atoms with van der Waals surface area (Å²) in [6.07, 6.45) is -2.23. The maximum atomic E-state index is 11.8. The Balaban J connectivity index is 2.00. The van der Waals surface area contributed by atoms with E-state index in [2.05, 4.69) is 10.3 Å². The Hall–Kier alpha value is -1.52. The predicted molar refractivity (Wildman–Crippen MR) is 65.0 cm³/mol. The first-order valence-electron chi connectivity index (χ1n) is 6.14. The van der Waals surface area contributed by atoms with Crippen molar-refractivity contribution in [2.45, 2.75) is 30.3 Å². The molecule has 2 bridgehead atoms. The largest absolute Gasteiger partial charge is 0.393 e. The molecule has 2 fully saturated rings. The Bertz CT molecular complexity index is 627. The maximum absolute atomic E-state index is 11.8. The number of nitrogens with zero attached hydrogens (tertiary/aromatic N) is 1. The standard InChI is InChI=1S/C11H15N3O6/c1-12-9-11(4-15)7(17)6(19-9)8(20-11)14-3-2-5(16)13-10(14)18/h2-3,6-9,12,15,17H,4H2,1H3,(H,13,16,18)/t6-,7+,8-,9?,11-/m1/s1. The molecule has 2 aliphatic heterocycles. The molecule has 0 spiro atoms. The summed E-state index contributed by atoms with van der Waals surface area (Å²) in [6, 6.07) is 1.17. The molecule has 4 N–H and O–H groups in total. The van der Waals surface area contributed by atoms with E-state index in [1.165, 1.54) is 12.3 Å². The smallest absolute Gasteiger partial charge is 0.330 e. The minimum atomic E-state index is -1.33. The zero-order chi connectivity index (χ0) is 14.5. The van der Waals surface area contributed by atoms with Crippen molar-refractivity contribution in [1.82, 2.24) is 14.9 Å². The summed E-state index contributed by atoms with van der Waals surface area (Å²) in [5, 5.41) is 22.6. The Morgan fingerprint density at radius 2 is 2.30 bits per heavy atom. The van der Waals surface area contributed by atoms with E-state index in [-0.39, 0.29) is 0 Å². The van der Waals surface area contributed by atoms with Crippen molar-refractivity contribution >= 4 is 0 Å². The summed E-state index contributed by atoms with van der Waals surface area (Å²) < 4.78 is 12.4. The maximum Gasteiger partial charge on any atom is 0.330 e. The third-order valence-electron chi connectivity index (χ3n) is 3.80. The van der Waals surface area contributed by atoms with Gasteiger partial charge in [0.15, 0.2) is 11.8 Å². The number of aliphatic hydroxyl groups excluding tert-OH is 2. The lowest BCUT2D eigenvalue weighted by Crippen LogP contribution is -2.56. The van der Waals surface area contributed by atoms with E-state index in [0.29, 0.717) is 0 Å². The van der Waals surface area contributed by atoms with E-state index in [9.17, 15) is 19.8 Å². The fourth-order valence-corrected chi connectivity index (χ4v) is 2.80. The van der Waals surface area contributed by atoms with Crippen molar-refractivity contribution in [3.05, 3.63) is 33.1 Å². The molecular formula is C11H15N3O6. The minimum absolute atomic E-state index is 0.467. The van der Waals surface area contributed by atoms with E-state index in [0.717, 1.165) is 4.57 Å². The Labute approximate surface area is 112 Å². The molecule has 1 unspecified atom stereocenters. The molecule has 3 heterocycles. The number of H-pyrrole nitrogens is 1. The van der Waals surface area contributed by atoms with Crippen LogP contribution in [0, 0.1) is 0 Å². The highest BCUT2D eigenvalue weighted by Crippen LogP contribution is 2.47. The topological polar surface area (TPSA) is 126 Å². The fraction of sp³-hybridized carbons (Fsp3) is 0.636. The Morgan fingerprint density at radius 3 is 2.90 bits per heavy atom. The predicted octanol–water partition coefficient (Wildman–Crippen LogP) is -2.90. The molecule has 5 atom stereocenters. The van der Waals surface area contributed by atoms with Gasteiger partial charge in [-0.15, -0.1) is 0 Å². The molecule has 2 saturated heterocycles. The second-order valence-electron chi connectivity index (χ2n) is 4.85. The third kappa shape index (κ3) is 1.61. The van der Waals surface area contributed by atoms with Crippen LogP contribution >= 0.6 is 0 Å². The molecule has 9 heteroatoms. The van der Waals surface area contributed by atoms with Gasteiger partial charge in [0.05, 0.1) is 6.61 Å². The second kappa shape index (κ2) is 4.50. The molecule has 1 aromatic rings. The van der Waals surface area contributed by atoms with Gasteiger partial charge >= 0.3 is 5.69 Å². The Morgan fingerprint density at radius 1 is 1.55 bits per heavy atom. The number of ether oxygens (including phenoxy) is 2. The summed E-state index contributed by atoms with van der Waals surface area (Å²) in [4.78, 5) is 24.9. The van der Waals surface area contributed by atoms with Gasteiger partial charge < -0.3 is 19.7 Å². The molecule has 0 amide bonds. The van der Waals surface area contributed by atoms with Gasteiger partial charge in [-0.1, -0.05) is 0 Å². The van der Waals surface area contributed by atoms with Crippen molar-refractivity contribution in [2.24, 2.45) is 0 Å². The normalized spacial score (nSPS) is 39.4. The van der Waals surface area contributed by atoms with Crippen LogP contribution in [-0.2, 0) is 9.47 Å². The summed E-state index contributed by atoms with van der Waals surface area (Å²) in [5.74, 6) is 0. The van der Waals surface area contributed by atoms with Crippen LogP contribution in [0.3, 0.4) is 0 Å². The van der Waals surface area contributed by atoms with Crippen LogP contribution in [0.2, 0.25) is 0 Å². The molecule has 20 heavy (non-hydrogen) atoms. The summed E-state index contributed by atoms with van der Waals surface area (Å²) in [6.45, 7) is -0.467. The summed E-state index contributed by atoms with van der Waals surface area (Å²) in [5.41, 5.74) is -2.53. The van der Waals surface area contributed by atoms with Crippen LogP contribution in [-0.4, -0.2) is 57.5 Å². The SMILES string of the molecule is CNC1O[C@H]2[C@H](n3ccc(=O)[nH]c3=O)O[C@]1(CO)[C@H]2O. The van der Waals surface area contributed by atoms with Gasteiger partial charge in [0.2, 0.25) is 0 Å². The van der Waals surface area contributed by atoms with Crippen molar-refractivity contribution < 1.29 is 19.7 Å². The fourth-order valence-electron chi connectivity index (χ4n) is 2.80. The van der Waals surface area contributed by atoms with E-state index in [4.69, 9.17) is 9.47 Å². The number of fused-ring (bicyclic) bond motifs is 2. The number of aromatic amines is 1. The first kappa shape index (κ1) is 13.5. The van der Waals surface area contributed by atoms with E-state index >= 15 is 0 Å². The number of aliphatic hydroxyl groups is 2. The monoisotopic (exact) mass is 285 g/mol. The number of likely N-dealkylation sites (N-methyl/N-ethyl adjacent to an activating group) is 1. The van der Waals surface area contributed by atoms with Crippen molar-refractivity contribution in [3.63, 3.8) is 0 Å². The lowest BCUT2D eigenvalue weighted by molar-refractivity contribution is -0.230. The van der Waals surface area contributed by atoms with Gasteiger partial charge in [-0.2, -0.15) is 0 Å². The first-order valence-corrected chi connectivity index (χ1v) is 6.14. The van der Waals surface area contributed by atoms with Gasteiger partial charge in [0.1, 0.15) is 18.4 Å². The van der Waals surface area contributed by atoms with E-state index < -0.39 is 48.1 Å². The highest BCUT2D eigenvalue weighted by molar-refractivity contribution is 5.11. The highest BCUT2D eigenvalue weighted by Gasteiger charge is 2.66. The number of aromatic nitrogens is 2. The lowest BCUT2D eigenvalue weighted by Gasteiger charge is -2.36. The zero-order valence-corrected chi connectivity index (χ0v) is 10.6. The molecule has 3 rings (SSSR count). The highest BCUT2D eigenvalue weighted by atomic mass is 16.7. The van der Waals surface area contributed by atoms with Gasteiger partial charge in [0.25, 0.3) is 5.56 Å². The van der Waals surface area contributed by atoms with Crippen molar-refractivity contribution in [1.29, 1.82) is 0 Å².